The van der Waals surface area contributed by atoms with E-state index < -0.39 is 11.6 Å². The Balaban J connectivity index is 2.68. The van der Waals surface area contributed by atoms with Crippen LogP contribution < -0.4 is 0 Å². The largest absolute Gasteiger partial charge is 0.206 e. The van der Waals surface area contributed by atoms with Crippen molar-refractivity contribution in [2.24, 2.45) is 0 Å². The molecule has 0 aliphatic carbocycles. The normalized spacial score (nSPS) is 10.3. The molecule has 2 aromatic rings. The van der Waals surface area contributed by atoms with Gasteiger partial charge in [0.15, 0.2) is 0 Å². The molecule has 0 aliphatic heterocycles. The van der Waals surface area contributed by atoms with Crippen molar-refractivity contribution in [2.45, 2.75) is 0 Å². The van der Waals surface area contributed by atoms with E-state index in [1.807, 2.05) is 0 Å². The van der Waals surface area contributed by atoms with Crippen LogP contribution in [0.1, 0.15) is 0 Å². The summed E-state index contributed by atoms with van der Waals surface area (Å²) in [6, 6.07) is 11.2. The summed E-state index contributed by atoms with van der Waals surface area (Å²) in [5, 5.41) is 0. The first kappa shape index (κ1) is 10.3. The van der Waals surface area contributed by atoms with Gasteiger partial charge in [-0.2, -0.15) is 0 Å². The highest BCUT2D eigenvalue weighted by Gasteiger charge is 2.13. The van der Waals surface area contributed by atoms with Gasteiger partial charge in [-0.3, -0.25) is 0 Å². The van der Waals surface area contributed by atoms with Crippen LogP contribution in [-0.4, -0.2) is 0 Å². The first-order chi connectivity index (χ1) is 7.20. The fourth-order valence-electron chi connectivity index (χ4n) is 1.40. The molecule has 0 spiro atoms. The Kier molecular flexibility index (Phi) is 2.82. The highest BCUT2D eigenvalue weighted by atomic mass is 79.9. The summed E-state index contributed by atoms with van der Waals surface area (Å²) in [4.78, 5) is 0. The van der Waals surface area contributed by atoms with Crippen LogP contribution >= 0.6 is 15.9 Å². The third-order valence-electron chi connectivity index (χ3n) is 2.11. The number of halogens is 3. The molecule has 0 saturated carbocycles. The molecule has 0 heterocycles. The van der Waals surface area contributed by atoms with Gasteiger partial charge in [0.2, 0.25) is 0 Å². The van der Waals surface area contributed by atoms with Gasteiger partial charge in [-0.1, -0.05) is 30.3 Å². The van der Waals surface area contributed by atoms with Crippen molar-refractivity contribution in [1.82, 2.24) is 0 Å². The standard InChI is InChI=1S/C12H7BrF2/c13-9-6-7-10(14)11(12(9)15)8-4-2-1-3-5-8/h1-7H. The molecule has 2 aromatic carbocycles. The maximum absolute atomic E-state index is 13.7. The Hall–Kier alpha value is -1.22. The summed E-state index contributed by atoms with van der Waals surface area (Å²) in [5.41, 5.74) is 0.541. The van der Waals surface area contributed by atoms with E-state index in [0.717, 1.165) is 0 Å². The second-order valence-corrected chi connectivity index (χ2v) is 3.94. The Labute approximate surface area is 94.7 Å². The highest BCUT2D eigenvalue weighted by molar-refractivity contribution is 9.10. The minimum Gasteiger partial charge on any atom is -0.206 e. The van der Waals surface area contributed by atoms with E-state index in [2.05, 4.69) is 15.9 Å². The lowest BCUT2D eigenvalue weighted by Gasteiger charge is -2.06. The summed E-state index contributed by atoms with van der Waals surface area (Å²) in [6.45, 7) is 0. The van der Waals surface area contributed by atoms with Crippen molar-refractivity contribution < 1.29 is 8.78 Å². The summed E-state index contributed by atoms with van der Waals surface area (Å²) >= 11 is 3.04. The van der Waals surface area contributed by atoms with E-state index in [1.54, 1.807) is 30.3 Å². The monoisotopic (exact) mass is 268 g/mol. The van der Waals surface area contributed by atoms with Crippen LogP contribution in [0.2, 0.25) is 0 Å². The second-order valence-electron chi connectivity index (χ2n) is 3.08. The van der Waals surface area contributed by atoms with Gasteiger partial charge in [-0.05, 0) is 33.6 Å². The lowest BCUT2D eigenvalue weighted by Crippen LogP contribution is -1.90. The van der Waals surface area contributed by atoms with Crippen LogP contribution in [0, 0.1) is 11.6 Å². The predicted molar refractivity (Wildman–Crippen MR) is 59.5 cm³/mol. The molecule has 0 nitrogen and oxygen atoms in total. The molecule has 0 aromatic heterocycles. The van der Waals surface area contributed by atoms with Crippen LogP contribution in [0.5, 0.6) is 0 Å². The summed E-state index contributed by atoms with van der Waals surface area (Å²) in [6.07, 6.45) is 0. The van der Waals surface area contributed by atoms with Gasteiger partial charge in [0.05, 0.1) is 10.0 Å². The zero-order valence-electron chi connectivity index (χ0n) is 7.68. The van der Waals surface area contributed by atoms with Crippen molar-refractivity contribution in [3.63, 3.8) is 0 Å². The summed E-state index contributed by atoms with van der Waals surface area (Å²) < 4.78 is 27.4. The zero-order chi connectivity index (χ0) is 10.8. The first-order valence-corrected chi connectivity index (χ1v) is 5.18. The van der Waals surface area contributed by atoms with E-state index in [1.165, 1.54) is 12.1 Å². The fourth-order valence-corrected chi connectivity index (χ4v) is 1.73. The number of hydrogen-bond acceptors (Lipinski definition) is 0. The third kappa shape index (κ3) is 1.92. The second kappa shape index (κ2) is 4.11. The van der Waals surface area contributed by atoms with Gasteiger partial charge in [0.25, 0.3) is 0 Å². The molecular weight excluding hydrogens is 262 g/mol. The quantitative estimate of drug-likeness (QED) is 0.673. The van der Waals surface area contributed by atoms with E-state index in [0.29, 0.717) is 5.56 Å². The highest BCUT2D eigenvalue weighted by Crippen LogP contribution is 2.30. The van der Waals surface area contributed by atoms with E-state index in [4.69, 9.17) is 0 Å². The molecule has 15 heavy (non-hydrogen) atoms. The number of hydrogen-bond donors (Lipinski definition) is 0. The molecule has 76 valence electrons. The lowest BCUT2D eigenvalue weighted by molar-refractivity contribution is 0.585. The van der Waals surface area contributed by atoms with Crippen LogP contribution in [-0.2, 0) is 0 Å². The van der Waals surface area contributed by atoms with Gasteiger partial charge in [-0.15, -0.1) is 0 Å². The molecule has 0 N–H and O–H groups in total. The zero-order valence-corrected chi connectivity index (χ0v) is 9.26. The van der Waals surface area contributed by atoms with Crippen LogP contribution in [0.25, 0.3) is 11.1 Å². The first-order valence-electron chi connectivity index (χ1n) is 4.39. The average molecular weight is 269 g/mol. The molecule has 3 heteroatoms. The maximum atomic E-state index is 13.7. The molecule has 0 amide bonds. The van der Waals surface area contributed by atoms with Crippen molar-refractivity contribution in [2.75, 3.05) is 0 Å². The van der Waals surface area contributed by atoms with Gasteiger partial charge in [0, 0.05) is 0 Å². The molecule has 2 rings (SSSR count). The van der Waals surface area contributed by atoms with E-state index in [-0.39, 0.29) is 10.0 Å². The minimum absolute atomic E-state index is 0.00461. The van der Waals surface area contributed by atoms with Gasteiger partial charge >= 0.3 is 0 Å². The summed E-state index contributed by atoms with van der Waals surface area (Å²) in [5.74, 6) is -1.12. The van der Waals surface area contributed by atoms with Crippen molar-refractivity contribution in [3.05, 3.63) is 58.6 Å². The van der Waals surface area contributed by atoms with Crippen LogP contribution in [0.3, 0.4) is 0 Å². The molecule has 0 fully saturated rings. The lowest BCUT2D eigenvalue weighted by atomic mass is 10.0. The molecular formula is C12H7BrF2. The van der Waals surface area contributed by atoms with Crippen molar-refractivity contribution >= 4 is 15.9 Å². The van der Waals surface area contributed by atoms with E-state index in [9.17, 15) is 8.78 Å². The molecule has 0 unspecified atom stereocenters. The Morgan fingerprint density at radius 2 is 1.53 bits per heavy atom. The number of rotatable bonds is 1. The third-order valence-corrected chi connectivity index (χ3v) is 2.72. The van der Waals surface area contributed by atoms with Crippen LogP contribution in [0.15, 0.2) is 46.9 Å². The minimum atomic E-state index is -0.568. The Bertz CT molecular complexity index is 480. The van der Waals surface area contributed by atoms with Crippen molar-refractivity contribution in [3.8, 4) is 11.1 Å². The molecule has 0 atom stereocenters. The molecule has 0 radical (unpaired) electrons. The van der Waals surface area contributed by atoms with Crippen LogP contribution in [0.4, 0.5) is 8.78 Å². The molecule has 0 saturated heterocycles. The fraction of sp³-hybridized carbons (Fsp3) is 0. The topological polar surface area (TPSA) is 0 Å². The van der Waals surface area contributed by atoms with Gasteiger partial charge < -0.3 is 0 Å². The van der Waals surface area contributed by atoms with Gasteiger partial charge in [0.1, 0.15) is 11.6 Å². The molecule has 0 bridgehead atoms. The Morgan fingerprint density at radius 1 is 0.867 bits per heavy atom. The number of benzene rings is 2. The summed E-state index contributed by atoms with van der Waals surface area (Å²) in [7, 11) is 0. The molecule has 0 aliphatic rings. The maximum Gasteiger partial charge on any atom is 0.148 e. The van der Waals surface area contributed by atoms with E-state index >= 15 is 0 Å². The van der Waals surface area contributed by atoms with Gasteiger partial charge in [-0.25, -0.2) is 8.78 Å². The van der Waals surface area contributed by atoms with Crippen molar-refractivity contribution in [1.29, 1.82) is 0 Å². The predicted octanol–water partition coefficient (Wildman–Crippen LogP) is 4.39. The SMILES string of the molecule is Fc1ccc(Br)c(F)c1-c1ccccc1. The Morgan fingerprint density at radius 3 is 2.20 bits per heavy atom. The smallest absolute Gasteiger partial charge is 0.148 e. The average Bonchev–Trinajstić information content (AvgIpc) is 2.26.